The van der Waals surface area contributed by atoms with Crippen LogP contribution in [0.2, 0.25) is 0 Å². The van der Waals surface area contributed by atoms with Gasteiger partial charge in [0.05, 0.1) is 7.11 Å². The normalized spacial score (nSPS) is 17.8. The first-order valence-electron chi connectivity index (χ1n) is 6.06. The maximum atomic E-state index is 11.8. The van der Waals surface area contributed by atoms with E-state index in [1.54, 1.807) is 31.4 Å². The summed E-state index contributed by atoms with van der Waals surface area (Å²) in [5.41, 5.74) is 5.15. The first-order chi connectivity index (χ1) is 9.20. The van der Waals surface area contributed by atoms with Gasteiger partial charge in [0.15, 0.2) is 0 Å². The molecular formula is C13H16N2O4. The number of ether oxygens (including phenoxy) is 2. The van der Waals surface area contributed by atoms with Crippen LogP contribution < -0.4 is 15.6 Å². The Morgan fingerprint density at radius 2 is 2.00 bits per heavy atom. The molecule has 2 N–H and O–H groups in total. The van der Waals surface area contributed by atoms with Crippen LogP contribution in [0.1, 0.15) is 23.2 Å². The number of hydrogen-bond acceptors (Lipinski definition) is 4. The molecule has 6 nitrogen and oxygen atoms in total. The van der Waals surface area contributed by atoms with Gasteiger partial charge in [0.1, 0.15) is 11.9 Å². The molecule has 102 valence electrons. The zero-order valence-electron chi connectivity index (χ0n) is 10.6. The largest absolute Gasteiger partial charge is 0.497 e. The summed E-state index contributed by atoms with van der Waals surface area (Å²) in [6.07, 6.45) is 1.09. The number of methoxy groups -OCH3 is 1. The fourth-order valence-corrected chi connectivity index (χ4v) is 1.80. The number of carbonyl (C=O) groups is 2. The van der Waals surface area contributed by atoms with Crippen molar-refractivity contribution < 1.29 is 19.1 Å². The molecule has 1 heterocycles. The summed E-state index contributed by atoms with van der Waals surface area (Å²) < 4.78 is 10.2. The van der Waals surface area contributed by atoms with Gasteiger partial charge in [-0.3, -0.25) is 20.4 Å². The van der Waals surface area contributed by atoms with E-state index in [0.29, 0.717) is 24.3 Å². The molecule has 1 aromatic rings. The zero-order chi connectivity index (χ0) is 13.7. The summed E-state index contributed by atoms with van der Waals surface area (Å²) in [4.78, 5) is 23.4. The van der Waals surface area contributed by atoms with Crippen LogP contribution in [0, 0.1) is 0 Å². The van der Waals surface area contributed by atoms with Crippen LogP contribution in [-0.4, -0.2) is 31.6 Å². The highest BCUT2D eigenvalue weighted by molar-refractivity contribution is 5.95. The van der Waals surface area contributed by atoms with E-state index in [1.807, 2.05) is 0 Å². The Balaban J connectivity index is 1.84. The van der Waals surface area contributed by atoms with Crippen LogP contribution in [0.3, 0.4) is 0 Å². The molecule has 0 unspecified atom stereocenters. The second kappa shape index (κ2) is 6.19. The Bertz CT molecular complexity index is 452. The lowest BCUT2D eigenvalue weighted by molar-refractivity contribution is -0.130. The summed E-state index contributed by atoms with van der Waals surface area (Å²) in [5, 5.41) is 0. The highest BCUT2D eigenvalue weighted by Crippen LogP contribution is 2.12. The molecule has 0 aliphatic carbocycles. The SMILES string of the molecule is COc1ccc(C(=O)NNC(=O)[C@@H]2CCCO2)cc1. The van der Waals surface area contributed by atoms with Crippen molar-refractivity contribution in [1.82, 2.24) is 10.9 Å². The zero-order valence-corrected chi connectivity index (χ0v) is 10.6. The second-order valence-electron chi connectivity index (χ2n) is 4.17. The van der Waals surface area contributed by atoms with Crippen LogP contribution in [0.25, 0.3) is 0 Å². The van der Waals surface area contributed by atoms with E-state index in [-0.39, 0.29) is 11.8 Å². The number of amides is 2. The molecule has 0 aromatic heterocycles. The first kappa shape index (κ1) is 13.4. The minimum absolute atomic E-state index is 0.320. The predicted octanol–water partition coefficient (Wildman–Crippen LogP) is 0.635. The molecule has 6 heteroatoms. The maximum Gasteiger partial charge on any atom is 0.269 e. The molecule has 0 radical (unpaired) electrons. The number of nitrogens with one attached hydrogen (secondary N) is 2. The van der Waals surface area contributed by atoms with Crippen LogP contribution in [-0.2, 0) is 9.53 Å². The molecule has 1 saturated heterocycles. The van der Waals surface area contributed by atoms with Crippen molar-refractivity contribution in [1.29, 1.82) is 0 Å². The molecule has 1 atom stereocenters. The third-order valence-electron chi connectivity index (χ3n) is 2.87. The highest BCUT2D eigenvalue weighted by atomic mass is 16.5. The summed E-state index contributed by atoms with van der Waals surface area (Å²) >= 11 is 0. The van der Waals surface area contributed by atoms with E-state index in [1.165, 1.54) is 0 Å². The van der Waals surface area contributed by atoms with Gasteiger partial charge in [0.25, 0.3) is 11.8 Å². The van der Waals surface area contributed by atoms with Gasteiger partial charge in [-0.15, -0.1) is 0 Å². The molecule has 19 heavy (non-hydrogen) atoms. The molecule has 2 amide bonds. The Kier molecular flexibility index (Phi) is 4.35. The smallest absolute Gasteiger partial charge is 0.269 e. The van der Waals surface area contributed by atoms with Gasteiger partial charge >= 0.3 is 0 Å². The van der Waals surface area contributed by atoms with Gasteiger partial charge in [-0.05, 0) is 37.1 Å². The van der Waals surface area contributed by atoms with Crippen molar-refractivity contribution in [2.75, 3.05) is 13.7 Å². The van der Waals surface area contributed by atoms with E-state index in [4.69, 9.17) is 9.47 Å². The van der Waals surface area contributed by atoms with Crippen LogP contribution in [0.5, 0.6) is 5.75 Å². The van der Waals surface area contributed by atoms with Crippen molar-refractivity contribution in [3.05, 3.63) is 29.8 Å². The van der Waals surface area contributed by atoms with Gasteiger partial charge in [-0.25, -0.2) is 0 Å². The number of hydrazine groups is 1. The quantitative estimate of drug-likeness (QED) is 0.785. The Morgan fingerprint density at radius 3 is 2.58 bits per heavy atom. The van der Waals surface area contributed by atoms with E-state index < -0.39 is 6.10 Å². The first-order valence-corrected chi connectivity index (χ1v) is 6.06. The summed E-state index contributed by atoms with van der Waals surface area (Å²) in [7, 11) is 1.55. The molecule has 0 spiro atoms. The minimum atomic E-state index is -0.462. The van der Waals surface area contributed by atoms with Crippen molar-refractivity contribution in [2.24, 2.45) is 0 Å². The summed E-state index contributed by atoms with van der Waals surface area (Å²) in [6.45, 7) is 0.588. The molecule has 1 aliphatic heterocycles. The molecule has 1 fully saturated rings. The topological polar surface area (TPSA) is 76.7 Å². The summed E-state index contributed by atoms with van der Waals surface area (Å²) in [5.74, 6) is -0.0340. The third kappa shape index (κ3) is 3.45. The highest BCUT2D eigenvalue weighted by Gasteiger charge is 2.23. The second-order valence-corrected chi connectivity index (χ2v) is 4.17. The molecule has 2 rings (SSSR count). The average Bonchev–Trinajstić information content (AvgIpc) is 2.98. The lowest BCUT2D eigenvalue weighted by Gasteiger charge is -2.11. The van der Waals surface area contributed by atoms with Gasteiger partial charge in [0, 0.05) is 12.2 Å². The molecule has 1 aromatic carbocycles. The molecular weight excluding hydrogens is 248 g/mol. The van der Waals surface area contributed by atoms with E-state index >= 15 is 0 Å². The maximum absolute atomic E-state index is 11.8. The minimum Gasteiger partial charge on any atom is -0.497 e. The Labute approximate surface area is 111 Å². The number of benzene rings is 1. The fraction of sp³-hybridized carbons (Fsp3) is 0.385. The van der Waals surface area contributed by atoms with Gasteiger partial charge < -0.3 is 9.47 Å². The number of rotatable bonds is 3. The predicted molar refractivity (Wildman–Crippen MR) is 67.6 cm³/mol. The van der Waals surface area contributed by atoms with Crippen molar-refractivity contribution in [2.45, 2.75) is 18.9 Å². The lowest BCUT2D eigenvalue weighted by Crippen LogP contribution is -2.46. The third-order valence-corrected chi connectivity index (χ3v) is 2.87. The van der Waals surface area contributed by atoms with Gasteiger partial charge in [-0.2, -0.15) is 0 Å². The lowest BCUT2D eigenvalue weighted by atomic mass is 10.2. The number of carbonyl (C=O) groups excluding carboxylic acids is 2. The Morgan fingerprint density at radius 1 is 1.26 bits per heavy atom. The van der Waals surface area contributed by atoms with E-state index in [2.05, 4.69) is 10.9 Å². The van der Waals surface area contributed by atoms with Crippen molar-refractivity contribution >= 4 is 11.8 Å². The standard InChI is InChI=1S/C13H16N2O4/c1-18-10-6-4-9(5-7-10)12(16)14-15-13(17)11-3-2-8-19-11/h4-7,11H,2-3,8H2,1H3,(H,14,16)(H,15,17)/t11-/m0/s1. The fourth-order valence-electron chi connectivity index (χ4n) is 1.80. The monoisotopic (exact) mass is 264 g/mol. The molecule has 1 aliphatic rings. The van der Waals surface area contributed by atoms with E-state index in [9.17, 15) is 9.59 Å². The van der Waals surface area contributed by atoms with Crippen LogP contribution in [0.4, 0.5) is 0 Å². The van der Waals surface area contributed by atoms with E-state index in [0.717, 1.165) is 6.42 Å². The van der Waals surface area contributed by atoms with Crippen LogP contribution in [0.15, 0.2) is 24.3 Å². The average molecular weight is 264 g/mol. The van der Waals surface area contributed by atoms with Crippen molar-refractivity contribution in [3.63, 3.8) is 0 Å². The van der Waals surface area contributed by atoms with Gasteiger partial charge in [0.2, 0.25) is 0 Å². The molecule has 0 bridgehead atoms. The van der Waals surface area contributed by atoms with Crippen LogP contribution >= 0.6 is 0 Å². The van der Waals surface area contributed by atoms with Gasteiger partial charge in [-0.1, -0.05) is 0 Å². The Hall–Kier alpha value is -2.08. The molecule has 0 saturated carbocycles. The number of hydrogen-bond donors (Lipinski definition) is 2. The summed E-state index contributed by atoms with van der Waals surface area (Å²) in [6, 6.07) is 6.59. The van der Waals surface area contributed by atoms with Crippen molar-refractivity contribution in [3.8, 4) is 5.75 Å².